The topological polar surface area (TPSA) is 87.7 Å². The molecule has 5 rings (SSSR count). The fourth-order valence-corrected chi connectivity index (χ4v) is 4.06. The van der Waals surface area contributed by atoms with Crippen molar-refractivity contribution in [3.63, 3.8) is 0 Å². The normalized spacial score (nSPS) is 16.8. The molecule has 6 nitrogen and oxygen atoms in total. The summed E-state index contributed by atoms with van der Waals surface area (Å²) >= 11 is 1.13. The van der Waals surface area contributed by atoms with Crippen molar-refractivity contribution in [2.75, 3.05) is 5.32 Å². The van der Waals surface area contributed by atoms with E-state index in [4.69, 9.17) is 0 Å². The SMILES string of the molecule is O=C1C[C@@H](c2cc3ccccc3[nH]c2=O)c2c(ccc3nsnc23)N1. The van der Waals surface area contributed by atoms with Gasteiger partial charge in [-0.05, 0) is 29.7 Å². The van der Waals surface area contributed by atoms with Crippen LogP contribution in [0.2, 0.25) is 0 Å². The van der Waals surface area contributed by atoms with Gasteiger partial charge in [0.25, 0.3) is 5.56 Å². The van der Waals surface area contributed by atoms with Crippen molar-refractivity contribution in [2.24, 2.45) is 0 Å². The van der Waals surface area contributed by atoms with Gasteiger partial charge in [0, 0.05) is 34.7 Å². The van der Waals surface area contributed by atoms with Crippen LogP contribution in [0.4, 0.5) is 5.69 Å². The third-order valence-electron chi connectivity index (χ3n) is 4.64. The highest BCUT2D eigenvalue weighted by atomic mass is 32.1. The third-order valence-corrected chi connectivity index (χ3v) is 5.18. The van der Waals surface area contributed by atoms with Crippen molar-refractivity contribution in [3.8, 4) is 0 Å². The number of rotatable bonds is 1. The number of anilines is 1. The number of H-pyrrole nitrogens is 1. The van der Waals surface area contributed by atoms with Crippen LogP contribution in [-0.2, 0) is 4.79 Å². The molecule has 0 saturated heterocycles. The molecule has 4 aromatic rings. The summed E-state index contributed by atoms with van der Waals surface area (Å²) in [6, 6.07) is 13.2. The number of aromatic amines is 1. The van der Waals surface area contributed by atoms with Crippen LogP contribution in [0.3, 0.4) is 0 Å². The quantitative estimate of drug-likeness (QED) is 0.553. The van der Waals surface area contributed by atoms with E-state index in [1.165, 1.54) is 0 Å². The molecule has 1 amide bonds. The Balaban J connectivity index is 1.81. The Bertz CT molecular complexity index is 1210. The molecule has 1 aliphatic heterocycles. The average Bonchev–Trinajstić information content (AvgIpc) is 3.09. The molecule has 1 atom stereocenters. The minimum atomic E-state index is -0.343. The van der Waals surface area contributed by atoms with Crippen LogP contribution in [0.5, 0.6) is 0 Å². The number of nitrogens with one attached hydrogen (secondary N) is 2. The number of pyridine rings is 1. The van der Waals surface area contributed by atoms with Gasteiger partial charge in [-0.1, -0.05) is 18.2 Å². The molecular weight excluding hydrogens is 336 g/mol. The molecule has 2 aromatic heterocycles. The molecule has 0 aliphatic carbocycles. The summed E-state index contributed by atoms with van der Waals surface area (Å²) in [6.45, 7) is 0. The molecule has 0 unspecified atom stereocenters. The van der Waals surface area contributed by atoms with Crippen molar-refractivity contribution < 1.29 is 4.79 Å². The van der Waals surface area contributed by atoms with E-state index in [0.717, 1.165) is 39.2 Å². The van der Waals surface area contributed by atoms with Gasteiger partial charge in [0.15, 0.2) is 0 Å². The lowest BCUT2D eigenvalue weighted by Crippen LogP contribution is -2.27. The van der Waals surface area contributed by atoms with Gasteiger partial charge in [-0.25, -0.2) is 0 Å². The predicted octanol–water partition coefficient (Wildman–Crippen LogP) is 3.01. The van der Waals surface area contributed by atoms with E-state index in [0.29, 0.717) is 11.3 Å². The number of benzene rings is 2. The van der Waals surface area contributed by atoms with Gasteiger partial charge in [-0.2, -0.15) is 8.75 Å². The van der Waals surface area contributed by atoms with Crippen molar-refractivity contribution in [3.05, 3.63) is 63.9 Å². The molecule has 2 N–H and O–H groups in total. The van der Waals surface area contributed by atoms with E-state index in [1.807, 2.05) is 42.5 Å². The molecular formula is C18H12N4O2S. The van der Waals surface area contributed by atoms with Gasteiger partial charge >= 0.3 is 0 Å². The van der Waals surface area contributed by atoms with Crippen molar-refractivity contribution >= 4 is 45.3 Å². The zero-order valence-electron chi connectivity index (χ0n) is 12.9. The maximum Gasteiger partial charge on any atom is 0.252 e. The summed E-state index contributed by atoms with van der Waals surface area (Å²) in [5, 5.41) is 3.82. The van der Waals surface area contributed by atoms with Crippen molar-refractivity contribution in [2.45, 2.75) is 12.3 Å². The zero-order chi connectivity index (χ0) is 17.0. The first-order valence-electron chi connectivity index (χ1n) is 7.88. The van der Waals surface area contributed by atoms with Crippen molar-refractivity contribution in [1.29, 1.82) is 0 Å². The molecule has 0 bridgehead atoms. The van der Waals surface area contributed by atoms with Gasteiger partial charge in [-0.3, -0.25) is 9.59 Å². The third kappa shape index (κ3) is 2.16. The Labute approximate surface area is 145 Å². The maximum atomic E-state index is 12.7. The molecule has 25 heavy (non-hydrogen) atoms. The average molecular weight is 348 g/mol. The van der Waals surface area contributed by atoms with Crippen molar-refractivity contribution in [1.82, 2.24) is 13.7 Å². The Morgan fingerprint density at radius 2 is 1.96 bits per heavy atom. The van der Waals surface area contributed by atoms with Gasteiger partial charge in [0.1, 0.15) is 11.0 Å². The number of carbonyl (C=O) groups is 1. The standard InChI is InChI=1S/C18H12N4O2S/c23-15-8-10(11-7-9-3-1-2-4-12(9)20-18(11)24)16-13(19-15)5-6-14-17(16)22-25-21-14/h1-7,10H,8H2,(H,19,23)(H,20,24)/t10-/m0/s1. The second-order valence-corrected chi connectivity index (χ2v) is 6.63. The fourth-order valence-electron chi connectivity index (χ4n) is 3.51. The molecule has 0 saturated carbocycles. The summed E-state index contributed by atoms with van der Waals surface area (Å²) in [7, 11) is 0. The number of hydrogen-bond donors (Lipinski definition) is 2. The Morgan fingerprint density at radius 1 is 1.08 bits per heavy atom. The number of amides is 1. The first-order chi connectivity index (χ1) is 12.2. The van der Waals surface area contributed by atoms with Crippen LogP contribution in [0.1, 0.15) is 23.5 Å². The number of hydrogen-bond acceptors (Lipinski definition) is 5. The summed E-state index contributed by atoms with van der Waals surface area (Å²) in [6.07, 6.45) is 0.213. The second-order valence-electron chi connectivity index (χ2n) is 6.10. The van der Waals surface area contributed by atoms with E-state index in [2.05, 4.69) is 19.0 Å². The monoisotopic (exact) mass is 348 g/mol. The molecule has 3 heterocycles. The van der Waals surface area contributed by atoms with Crippen LogP contribution in [0.15, 0.2) is 47.3 Å². The highest BCUT2D eigenvalue weighted by Crippen LogP contribution is 2.40. The zero-order valence-corrected chi connectivity index (χ0v) is 13.8. The smallest absolute Gasteiger partial charge is 0.252 e. The minimum absolute atomic E-state index is 0.104. The van der Waals surface area contributed by atoms with Gasteiger partial charge in [0.05, 0.1) is 11.7 Å². The van der Waals surface area contributed by atoms with E-state index in [-0.39, 0.29) is 23.8 Å². The summed E-state index contributed by atoms with van der Waals surface area (Å²) in [4.78, 5) is 27.8. The van der Waals surface area contributed by atoms with E-state index < -0.39 is 0 Å². The summed E-state index contributed by atoms with van der Waals surface area (Å²) in [5.74, 6) is -0.447. The first-order valence-corrected chi connectivity index (χ1v) is 8.61. The molecule has 7 heteroatoms. The highest BCUT2D eigenvalue weighted by Gasteiger charge is 2.31. The number of aromatic nitrogens is 3. The van der Waals surface area contributed by atoms with Gasteiger partial charge in [-0.15, -0.1) is 0 Å². The van der Waals surface area contributed by atoms with Crippen LogP contribution in [-0.4, -0.2) is 19.6 Å². The lowest BCUT2D eigenvalue weighted by atomic mass is 9.84. The van der Waals surface area contributed by atoms with Crippen LogP contribution >= 0.6 is 11.7 Å². The van der Waals surface area contributed by atoms with E-state index in [1.54, 1.807) is 0 Å². The minimum Gasteiger partial charge on any atom is -0.326 e. The predicted molar refractivity (Wildman–Crippen MR) is 97.1 cm³/mol. The Kier molecular flexibility index (Phi) is 2.98. The van der Waals surface area contributed by atoms with E-state index in [9.17, 15) is 9.59 Å². The first kappa shape index (κ1) is 14.3. The number of nitrogens with zero attached hydrogens (tertiary/aromatic N) is 2. The van der Waals surface area contributed by atoms with Crippen LogP contribution < -0.4 is 10.9 Å². The Hall–Kier alpha value is -3.06. The number of para-hydroxylation sites is 1. The molecule has 0 spiro atoms. The Morgan fingerprint density at radius 3 is 2.88 bits per heavy atom. The van der Waals surface area contributed by atoms with Crippen LogP contribution in [0, 0.1) is 0 Å². The molecule has 1 aliphatic rings. The van der Waals surface area contributed by atoms with Crippen LogP contribution in [0.25, 0.3) is 21.9 Å². The molecule has 2 aromatic carbocycles. The van der Waals surface area contributed by atoms with E-state index >= 15 is 0 Å². The summed E-state index contributed by atoms with van der Waals surface area (Å²) < 4.78 is 8.67. The number of fused-ring (bicyclic) bond motifs is 4. The van der Waals surface area contributed by atoms with Gasteiger partial charge in [0.2, 0.25) is 5.91 Å². The number of carbonyl (C=O) groups excluding carboxylic acids is 1. The maximum absolute atomic E-state index is 12.7. The lowest BCUT2D eigenvalue weighted by molar-refractivity contribution is -0.116. The lowest BCUT2D eigenvalue weighted by Gasteiger charge is -2.25. The molecule has 122 valence electrons. The molecule has 0 radical (unpaired) electrons. The largest absolute Gasteiger partial charge is 0.326 e. The molecule has 0 fully saturated rings. The second kappa shape index (κ2) is 5.22. The van der Waals surface area contributed by atoms with Gasteiger partial charge < -0.3 is 10.3 Å². The highest BCUT2D eigenvalue weighted by molar-refractivity contribution is 7.00. The fraction of sp³-hybridized carbons (Fsp3) is 0.111. The summed E-state index contributed by atoms with van der Waals surface area (Å²) in [5.41, 5.74) is 4.29.